The second-order valence-electron chi connectivity index (χ2n) is 9.05. The number of nitrogens with zero attached hydrogens (tertiary/aromatic N) is 1. The second kappa shape index (κ2) is 13.4. The molecule has 3 rings (SSSR count). The Balaban J connectivity index is 2.08. The van der Waals surface area contributed by atoms with Crippen molar-refractivity contribution in [2.24, 2.45) is 0 Å². The highest BCUT2D eigenvalue weighted by atomic mass is 35.5. The molecule has 0 fully saturated rings. The van der Waals surface area contributed by atoms with E-state index in [0.29, 0.717) is 4.90 Å². The fourth-order valence-electron chi connectivity index (χ4n) is 4.09. The Morgan fingerprint density at radius 3 is 1.96 bits per heavy atom. The molecule has 0 atom stereocenters. The van der Waals surface area contributed by atoms with Crippen LogP contribution in [-0.4, -0.2) is 43.7 Å². The van der Waals surface area contributed by atoms with E-state index in [1.54, 1.807) is 5.32 Å². The summed E-state index contributed by atoms with van der Waals surface area (Å²) in [6.07, 6.45) is -18.6. The summed E-state index contributed by atoms with van der Waals surface area (Å²) < 4.78 is 182. The number of carbonyl (C=O) groups excluding carboxylic acids is 2. The van der Waals surface area contributed by atoms with E-state index in [9.17, 15) is 62.3 Å². The van der Waals surface area contributed by atoms with Crippen molar-refractivity contribution >= 4 is 34.8 Å². The number of anilines is 2. The Hall–Kier alpha value is -4.42. The summed E-state index contributed by atoms with van der Waals surface area (Å²) in [5.41, 5.74) is -12.2. The zero-order valence-corrected chi connectivity index (χ0v) is 23.6. The van der Waals surface area contributed by atoms with Crippen LogP contribution in [0.5, 0.6) is 11.5 Å². The Kier molecular flexibility index (Phi) is 10.5. The van der Waals surface area contributed by atoms with E-state index in [1.807, 2.05) is 0 Å². The van der Waals surface area contributed by atoms with Gasteiger partial charge in [0.25, 0.3) is 11.8 Å². The second-order valence-corrected chi connectivity index (χ2v) is 9.46. The van der Waals surface area contributed by atoms with E-state index in [4.69, 9.17) is 11.6 Å². The summed E-state index contributed by atoms with van der Waals surface area (Å²) in [5, 5.41) is 0.291. The maximum atomic E-state index is 15.7. The minimum atomic E-state index is -6.69. The first-order chi connectivity index (χ1) is 21.5. The predicted molar refractivity (Wildman–Crippen MR) is 138 cm³/mol. The van der Waals surface area contributed by atoms with Crippen LogP contribution in [0.4, 0.5) is 68.5 Å². The van der Waals surface area contributed by atoms with Crippen LogP contribution in [0.2, 0.25) is 5.02 Å². The van der Waals surface area contributed by atoms with Crippen molar-refractivity contribution < 1.29 is 76.1 Å². The van der Waals surface area contributed by atoms with Crippen molar-refractivity contribution in [2.45, 2.75) is 37.9 Å². The van der Waals surface area contributed by atoms with Crippen LogP contribution in [0.25, 0.3) is 0 Å². The molecule has 0 aliphatic heterocycles. The van der Waals surface area contributed by atoms with Gasteiger partial charge in [-0.25, -0.2) is 8.78 Å². The highest BCUT2D eigenvalue weighted by Crippen LogP contribution is 2.55. The predicted octanol–water partition coefficient (Wildman–Crippen LogP) is 9.19. The minimum absolute atomic E-state index is 0.277. The summed E-state index contributed by atoms with van der Waals surface area (Å²) in [5.74, 6) is -7.11. The molecule has 0 aliphatic rings. The highest BCUT2D eigenvalue weighted by molar-refractivity contribution is 6.34. The monoisotopic (exact) mass is 714 g/mol. The SMILES string of the molecule is CCN(C(=O)c1ccccc1OC(F)(F)F)c1cccc(C(=O)Nc2c(Cl)cc(C(F)(C(F)(F)F)C(F)(F)F)cc2OC(F)F)c1F. The van der Waals surface area contributed by atoms with Gasteiger partial charge in [0.2, 0.25) is 0 Å². The maximum Gasteiger partial charge on any atom is 0.573 e. The van der Waals surface area contributed by atoms with Crippen molar-refractivity contribution in [3.05, 3.63) is 82.1 Å². The molecule has 3 aromatic rings. The zero-order chi connectivity index (χ0) is 35.7. The van der Waals surface area contributed by atoms with Crippen LogP contribution >= 0.6 is 11.6 Å². The lowest BCUT2D eigenvalue weighted by molar-refractivity contribution is -0.348. The molecule has 0 heterocycles. The average molecular weight is 715 g/mol. The third-order valence-electron chi connectivity index (χ3n) is 6.11. The molecule has 0 bridgehead atoms. The molecule has 0 aliphatic carbocycles. The van der Waals surface area contributed by atoms with E-state index in [2.05, 4.69) is 9.47 Å². The molecule has 0 aromatic heterocycles. The van der Waals surface area contributed by atoms with E-state index in [-0.39, 0.29) is 6.07 Å². The number of ether oxygens (including phenoxy) is 2. The van der Waals surface area contributed by atoms with Crippen LogP contribution in [-0.2, 0) is 5.67 Å². The quantitative estimate of drug-likeness (QED) is 0.225. The number of nitrogens with one attached hydrogen (secondary N) is 1. The fourth-order valence-corrected chi connectivity index (χ4v) is 4.35. The molecule has 20 heteroatoms. The molecule has 1 N–H and O–H groups in total. The van der Waals surface area contributed by atoms with Crippen molar-refractivity contribution in [3.8, 4) is 11.5 Å². The van der Waals surface area contributed by atoms with Crippen LogP contribution in [0, 0.1) is 5.82 Å². The van der Waals surface area contributed by atoms with Gasteiger partial charge in [-0.1, -0.05) is 29.8 Å². The van der Waals surface area contributed by atoms with E-state index in [1.165, 1.54) is 6.92 Å². The molecular formula is C27H16ClF13N2O4. The van der Waals surface area contributed by atoms with Gasteiger partial charge in [-0.3, -0.25) is 9.59 Å². The lowest BCUT2D eigenvalue weighted by Gasteiger charge is -2.31. The third kappa shape index (κ3) is 7.77. The Morgan fingerprint density at radius 2 is 1.43 bits per heavy atom. The molecular weight excluding hydrogens is 699 g/mol. The van der Waals surface area contributed by atoms with Gasteiger partial charge >= 0.3 is 31.0 Å². The lowest BCUT2D eigenvalue weighted by Crippen LogP contribution is -2.50. The van der Waals surface area contributed by atoms with Gasteiger partial charge in [-0.05, 0) is 43.3 Å². The van der Waals surface area contributed by atoms with Crippen molar-refractivity contribution in [1.82, 2.24) is 0 Å². The van der Waals surface area contributed by atoms with Crippen molar-refractivity contribution in [1.29, 1.82) is 0 Å². The number of benzene rings is 3. The molecule has 3 aromatic carbocycles. The first-order valence-corrected chi connectivity index (χ1v) is 12.8. The number of rotatable bonds is 9. The van der Waals surface area contributed by atoms with Crippen LogP contribution in [0.1, 0.15) is 33.2 Å². The Bertz CT molecular complexity index is 1630. The average Bonchev–Trinajstić information content (AvgIpc) is 2.93. The Labute approximate surface area is 259 Å². The molecule has 0 saturated heterocycles. The van der Waals surface area contributed by atoms with Crippen LogP contribution in [0.15, 0.2) is 54.6 Å². The smallest absolute Gasteiger partial charge is 0.433 e. The highest BCUT2D eigenvalue weighted by Gasteiger charge is 2.73. The summed E-state index contributed by atoms with van der Waals surface area (Å²) in [6, 6.07) is 5.83. The van der Waals surface area contributed by atoms with Gasteiger partial charge in [0, 0.05) is 12.1 Å². The minimum Gasteiger partial charge on any atom is -0.433 e. The number of hydrogen-bond acceptors (Lipinski definition) is 4. The molecule has 0 saturated carbocycles. The van der Waals surface area contributed by atoms with Crippen LogP contribution < -0.4 is 19.7 Å². The summed E-state index contributed by atoms with van der Waals surface area (Å²) in [7, 11) is 0. The van der Waals surface area contributed by atoms with Crippen molar-refractivity contribution in [3.63, 3.8) is 0 Å². The fraction of sp³-hybridized carbons (Fsp3) is 0.259. The molecule has 47 heavy (non-hydrogen) atoms. The summed E-state index contributed by atoms with van der Waals surface area (Å²) >= 11 is 5.69. The van der Waals surface area contributed by atoms with Crippen LogP contribution in [0.3, 0.4) is 0 Å². The molecule has 0 spiro atoms. The number of hydrogen-bond donors (Lipinski definition) is 1. The maximum absolute atomic E-state index is 15.7. The topological polar surface area (TPSA) is 67.9 Å². The molecule has 0 radical (unpaired) electrons. The normalized spacial score (nSPS) is 12.6. The first kappa shape index (κ1) is 37.0. The molecule has 0 unspecified atom stereocenters. The number of alkyl halides is 12. The van der Waals surface area contributed by atoms with Gasteiger partial charge in [-0.2, -0.15) is 35.1 Å². The number of para-hydroxylation sites is 1. The summed E-state index contributed by atoms with van der Waals surface area (Å²) in [6.45, 7) is -3.14. The third-order valence-corrected chi connectivity index (χ3v) is 6.40. The van der Waals surface area contributed by atoms with Gasteiger partial charge in [0.15, 0.2) is 11.6 Å². The largest absolute Gasteiger partial charge is 0.573 e. The summed E-state index contributed by atoms with van der Waals surface area (Å²) in [4.78, 5) is 26.7. The standard InChI is InChI=1S/C27H16ClF13N2O4/c1-2-43(22(45)13-6-3-4-9-17(13)47-27(39,40)41)16-8-5-7-14(19(16)29)21(44)42-20-15(28)10-12(11-18(20)46-23(30)31)24(32,25(33,34)35)26(36,37)38/h3-11,23H,2H2,1H3,(H,42,44). The lowest BCUT2D eigenvalue weighted by atomic mass is 9.93. The van der Waals surface area contributed by atoms with Gasteiger partial charge in [0.05, 0.1) is 21.8 Å². The van der Waals surface area contributed by atoms with Gasteiger partial charge < -0.3 is 19.7 Å². The molecule has 6 nitrogen and oxygen atoms in total. The zero-order valence-electron chi connectivity index (χ0n) is 22.9. The van der Waals surface area contributed by atoms with Gasteiger partial charge in [0.1, 0.15) is 11.4 Å². The Morgan fingerprint density at radius 1 is 0.851 bits per heavy atom. The molecule has 2 amide bonds. The number of carbonyl (C=O) groups is 2. The molecule has 256 valence electrons. The van der Waals surface area contributed by atoms with E-state index < -0.39 is 106 Å². The first-order valence-electron chi connectivity index (χ1n) is 12.4. The van der Waals surface area contributed by atoms with Gasteiger partial charge in [-0.15, -0.1) is 13.2 Å². The van der Waals surface area contributed by atoms with Crippen molar-refractivity contribution in [2.75, 3.05) is 16.8 Å². The van der Waals surface area contributed by atoms with E-state index in [0.717, 1.165) is 42.5 Å². The number of amides is 2. The number of halogens is 14. The van der Waals surface area contributed by atoms with E-state index >= 15 is 4.39 Å².